The highest BCUT2D eigenvalue weighted by Gasteiger charge is 2.37. The molecule has 2 atom stereocenters. The molecule has 0 saturated carbocycles. The normalized spacial score (nSPS) is 24.7. The minimum absolute atomic E-state index is 0.161. The lowest BCUT2D eigenvalue weighted by molar-refractivity contribution is -0.0776. The summed E-state index contributed by atoms with van der Waals surface area (Å²) in [6.07, 6.45) is 2.26. The van der Waals surface area contributed by atoms with E-state index in [1.165, 1.54) is 0 Å². The quantitative estimate of drug-likeness (QED) is 0.906. The average Bonchev–Trinajstić information content (AvgIpc) is 2.54. The number of aromatic nitrogens is 1. The summed E-state index contributed by atoms with van der Waals surface area (Å²) in [5.41, 5.74) is 1.51. The molecular formula is C18H27N3O3. The first-order valence-corrected chi connectivity index (χ1v) is 8.84. The van der Waals surface area contributed by atoms with Crippen LogP contribution < -0.4 is 5.56 Å². The highest BCUT2D eigenvalue weighted by Crippen LogP contribution is 2.22. The number of pyridine rings is 1. The summed E-state index contributed by atoms with van der Waals surface area (Å²) in [6.45, 7) is 9.45. The van der Waals surface area contributed by atoms with Gasteiger partial charge in [0, 0.05) is 31.4 Å². The molecule has 1 aromatic rings. The standard InChI is InChI=1S/C18H27N3O3/c1-4-5-14-10-24-11-15-9-20(6-7-21(14)15)18(23)16-12(2)8-13(3)19-17(16)22/h8,14-15H,4-7,9-11H2,1-3H3,(H,19,22)/t14-,15+/m0/s1. The maximum Gasteiger partial charge on any atom is 0.261 e. The summed E-state index contributed by atoms with van der Waals surface area (Å²) in [6, 6.07) is 2.54. The number of ether oxygens (including phenoxy) is 1. The number of morpholine rings is 1. The molecule has 0 aromatic carbocycles. The van der Waals surface area contributed by atoms with Crippen LogP contribution in [0.5, 0.6) is 0 Å². The highest BCUT2D eigenvalue weighted by molar-refractivity contribution is 5.95. The average molecular weight is 333 g/mol. The van der Waals surface area contributed by atoms with Gasteiger partial charge >= 0.3 is 0 Å². The Balaban J connectivity index is 1.76. The van der Waals surface area contributed by atoms with Gasteiger partial charge in [-0.15, -0.1) is 0 Å². The van der Waals surface area contributed by atoms with Gasteiger partial charge in [-0.2, -0.15) is 0 Å². The fourth-order valence-electron chi connectivity index (χ4n) is 3.98. The number of carbonyl (C=O) groups is 1. The number of fused-ring (bicyclic) bond motifs is 1. The van der Waals surface area contributed by atoms with Crippen molar-refractivity contribution in [2.45, 2.75) is 45.7 Å². The van der Waals surface area contributed by atoms with Crippen LogP contribution in [-0.4, -0.2) is 65.6 Å². The Morgan fingerprint density at radius 3 is 2.83 bits per heavy atom. The molecule has 0 radical (unpaired) electrons. The fraction of sp³-hybridized carbons (Fsp3) is 0.667. The fourth-order valence-corrected chi connectivity index (χ4v) is 3.98. The molecule has 2 saturated heterocycles. The van der Waals surface area contributed by atoms with Crippen molar-refractivity contribution in [3.63, 3.8) is 0 Å². The van der Waals surface area contributed by atoms with Gasteiger partial charge in [0.15, 0.2) is 0 Å². The van der Waals surface area contributed by atoms with E-state index in [1.807, 2.05) is 24.8 Å². The number of aromatic amines is 1. The molecule has 0 bridgehead atoms. The van der Waals surface area contributed by atoms with E-state index in [9.17, 15) is 9.59 Å². The van der Waals surface area contributed by atoms with E-state index in [-0.39, 0.29) is 23.1 Å². The first-order valence-electron chi connectivity index (χ1n) is 8.84. The number of nitrogens with zero attached hydrogens (tertiary/aromatic N) is 2. The summed E-state index contributed by atoms with van der Waals surface area (Å²) in [5, 5.41) is 0. The van der Waals surface area contributed by atoms with E-state index in [4.69, 9.17) is 4.74 Å². The summed E-state index contributed by atoms with van der Waals surface area (Å²) in [5.74, 6) is -0.161. The van der Waals surface area contributed by atoms with Gasteiger partial charge < -0.3 is 14.6 Å². The van der Waals surface area contributed by atoms with Gasteiger partial charge in [-0.3, -0.25) is 14.5 Å². The van der Waals surface area contributed by atoms with Crippen molar-refractivity contribution in [2.75, 3.05) is 32.8 Å². The molecule has 1 aromatic heterocycles. The van der Waals surface area contributed by atoms with Crippen LogP contribution in [0.3, 0.4) is 0 Å². The second-order valence-corrected chi connectivity index (χ2v) is 6.96. The molecule has 0 aliphatic carbocycles. The van der Waals surface area contributed by atoms with E-state index < -0.39 is 0 Å². The van der Waals surface area contributed by atoms with E-state index in [2.05, 4.69) is 16.8 Å². The molecule has 2 aliphatic heterocycles. The van der Waals surface area contributed by atoms with Crippen molar-refractivity contribution in [3.8, 4) is 0 Å². The molecule has 24 heavy (non-hydrogen) atoms. The first kappa shape index (κ1) is 17.2. The Hall–Kier alpha value is -1.66. The van der Waals surface area contributed by atoms with E-state index in [0.717, 1.165) is 37.3 Å². The SMILES string of the molecule is CCC[C@H]1COC[C@H]2CN(C(=O)c3c(C)cc(C)[nH]c3=O)CCN12. The van der Waals surface area contributed by atoms with Crippen LogP contribution in [0.1, 0.15) is 41.4 Å². The topological polar surface area (TPSA) is 65.6 Å². The van der Waals surface area contributed by atoms with Crippen molar-refractivity contribution >= 4 is 5.91 Å². The van der Waals surface area contributed by atoms with Gasteiger partial charge in [0.25, 0.3) is 11.5 Å². The molecule has 2 fully saturated rings. The smallest absolute Gasteiger partial charge is 0.261 e. The molecule has 0 unspecified atom stereocenters. The zero-order chi connectivity index (χ0) is 17.3. The lowest BCUT2D eigenvalue weighted by atomic mass is 10.0. The number of carbonyl (C=O) groups excluding carboxylic acids is 1. The van der Waals surface area contributed by atoms with Crippen LogP contribution in [0.4, 0.5) is 0 Å². The summed E-state index contributed by atoms with van der Waals surface area (Å²) in [7, 11) is 0. The second kappa shape index (κ2) is 7.07. The third-order valence-electron chi connectivity index (χ3n) is 5.11. The number of amides is 1. The molecule has 132 valence electrons. The minimum Gasteiger partial charge on any atom is -0.378 e. The third-order valence-corrected chi connectivity index (χ3v) is 5.11. The van der Waals surface area contributed by atoms with E-state index in [1.54, 1.807) is 0 Å². The van der Waals surface area contributed by atoms with Gasteiger partial charge in [-0.1, -0.05) is 13.3 Å². The Morgan fingerprint density at radius 1 is 1.33 bits per heavy atom. The molecule has 2 aliphatic rings. The Kier molecular flexibility index (Phi) is 5.06. The highest BCUT2D eigenvalue weighted by atomic mass is 16.5. The molecule has 0 spiro atoms. The molecule has 1 amide bonds. The van der Waals surface area contributed by atoms with Gasteiger partial charge in [0.2, 0.25) is 0 Å². The van der Waals surface area contributed by atoms with Crippen molar-refractivity contribution in [1.29, 1.82) is 0 Å². The minimum atomic E-state index is -0.288. The first-order chi connectivity index (χ1) is 11.5. The monoisotopic (exact) mass is 333 g/mol. The number of H-pyrrole nitrogens is 1. The predicted octanol–water partition coefficient (Wildman–Crippen LogP) is 1.32. The number of rotatable bonds is 3. The second-order valence-electron chi connectivity index (χ2n) is 6.96. The zero-order valence-corrected chi connectivity index (χ0v) is 14.8. The number of hydrogen-bond acceptors (Lipinski definition) is 4. The van der Waals surface area contributed by atoms with Crippen LogP contribution in [0, 0.1) is 13.8 Å². The molecular weight excluding hydrogens is 306 g/mol. The van der Waals surface area contributed by atoms with Gasteiger partial charge in [0.1, 0.15) is 5.56 Å². The van der Waals surface area contributed by atoms with Gasteiger partial charge in [-0.05, 0) is 31.9 Å². The Morgan fingerprint density at radius 2 is 2.12 bits per heavy atom. The van der Waals surface area contributed by atoms with E-state index >= 15 is 0 Å². The molecule has 1 N–H and O–H groups in total. The van der Waals surface area contributed by atoms with Crippen molar-refractivity contribution < 1.29 is 9.53 Å². The number of nitrogens with one attached hydrogen (secondary N) is 1. The number of piperazine rings is 1. The molecule has 3 heterocycles. The summed E-state index contributed by atoms with van der Waals surface area (Å²) in [4.78, 5) is 32.1. The zero-order valence-electron chi connectivity index (χ0n) is 14.8. The summed E-state index contributed by atoms with van der Waals surface area (Å²) < 4.78 is 5.75. The van der Waals surface area contributed by atoms with Crippen molar-refractivity contribution in [1.82, 2.24) is 14.8 Å². The largest absolute Gasteiger partial charge is 0.378 e. The van der Waals surface area contributed by atoms with Crippen molar-refractivity contribution in [3.05, 3.63) is 33.2 Å². The predicted molar refractivity (Wildman–Crippen MR) is 92.4 cm³/mol. The molecule has 3 rings (SSSR count). The Labute approximate surface area is 142 Å². The van der Waals surface area contributed by atoms with Gasteiger partial charge in [0.05, 0.1) is 19.3 Å². The third kappa shape index (κ3) is 3.26. The van der Waals surface area contributed by atoms with Crippen LogP contribution >= 0.6 is 0 Å². The van der Waals surface area contributed by atoms with Crippen LogP contribution in [0.15, 0.2) is 10.9 Å². The maximum atomic E-state index is 12.9. The van der Waals surface area contributed by atoms with Crippen LogP contribution in [-0.2, 0) is 4.74 Å². The lowest BCUT2D eigenvalue weighted by Gasteiger charge is -2.48. The van der Waals surface area contributed by atoms with Crippen LogP contribution in [0.2, 0.25) is 0 Å². The Bertz CT molecular complexity index is 668. The number of aryl methyl sites for hydroxylation is 2. The number of hydrogen-bond donors (Lipinski definition) is 1. The van der Waals surface area contributed by atoms with Crippen LogP contribution in [0.25, 0.3) is 0 Å². The lowest BCUT2D eigenvalue weighted by Crippen LogP contribution is -2.62. The van der Waals surface area contributed by atoms with Gasteiger partial charge in [-0.25, -0.2) is 0 Å². The maximum absolute atomic E-state index is 12.9. The van der Waals surface area contributed by atoms with Crippen molar-refractivity contribution in [2.24, 2.45) is 0 Å². The summed E-state index contributed by atoms with van der Waals surface area (Å²) >= 11 is 0. The molecule has 6 heteroatoms. The molecule has 6 nitrogen and oxygen atoms in total. The van der Waals surface area contributed by atoms with E-state index in [0.29, 0.717) is 25.7 Å².